The molecule has 0 fully saturated rings. The Kier molecular flexibility index (Phi) is 5.64. The van der Waals surface area contributed by atoms with Crippen LogP contribution in [-0.4, -0.2) is 29.2 Å². The minimum atomic E-state index is -1.19. The number of esters is 1. The Labute approximate surface area is 144 Å². The monoisotopic (exact) mass is 336 g/mol. The molecular weight excluding hydrogens is 320 g/mol. The Balaban J connectivity index is 2.01. The second kappa shape index (κ2) is 7.88. The summed E-state index contributed by atoms with van der Waals surface area (Å²) < 4.78 is 4.91. The quantitative estimate of drug-likeness (QED) is 0.622. The number of nitrogens with one attached hydrogen (secondary N) is 1. The van der Waals surface area contributed by atoms with E-state index in [4.69, 9.17) is 15.4 Å². The summed E-state index contributed by atoms with van der Waals surface area (Å²) in [7, 11) is 0. The number of benzene rings is 2. The minimum absolute atomic E-state index is 0.0817. The average Bonchev–Trinajstić information content (AvgIpc) is 2.61. The smallest absolute Gasteiger partial charge is 0.338 e. The molecule has 0 heterocycles. The van der Waals surface area contributed by atoms with E-state index in [-0.39, 0.29) is 17.0 Å². The van der Waals surface area contributed by atoms with Crippen LogP contribution in [0.5, 0.6) is 5.75 Å². The van der Waals surface area contributed by atoms with E-state index in [0.717, 1.165) is 11.1 Å². The highest BCUT2D eigenvalue weighted by Crippen LogP contribution is 2.22. The van der Waals surface area contributed by atoms with E-state index in [1.165, 1.54) is 6.92 Å². The molecule has 2 aromatic rings. The van der Waals surface area contributed by atoms with Gasteiger partial charge >= 0.3 is 5.97 Å². The van der Waals surface area contributed by atoms with Crippen molar-refractivity contribution < 1.29 is 19.4 Å². The summed E-state index contributed by atoms with van der Waals surface area (Å²) in [6.45, 7) is 0.808. The van der Waals surface area contributed by atoms with Crippen molar-refractivity contribution in [3.8, 4) is 22.9 Å². The predicted molar refractivity (Wildman–Crippen MR) is 91.3 cm³/mol. The van der Waals surface area contributed by atoms with Crippen molar-refractivity contribution in [1.82, 2.24) is 0 Å². The van der Waals surface area contributed by atoms with Crippen LogP contribution in [0, 0.1) is 22.7 Å². The van der Waals surface area contributed by atoms with Crippen molar-refractivity contribution in [2.75, 3.05) is 6.61 Å². The van der Waals surface area contributed by atoms with Crippen molar-refractivity contribution in [2.24, 2.45) is 5.92 Å². The number of ether oxygens (including phenoxy) is 1. The van der Waals surface area contributed by atoms with Gasteiger partial charge < -0.3 is 15.3 Å². The van der Waals surface area contributed by atoms with Crippen LogP contribution >= 0.6 is 0 Å². The topological polar surface area (TPSA) is 111 Å². The van der Waals surface area contributed by atoms with Gasteiger partial charge in [-0.1, -0.05) is 24.3 Å². The van der Waals surface area contributed by atoms with E-state index in [1.54, 1.807) is 54.6 Å². The number of nitriles is 1. The molecule has 0 radical (unpaired) electrons. The molecule has 25 heavy (non-hydrogen) atoms. The highest BCUT2D eigenvalue weighted by atomic mass is 16.5. The fourth-order valence-corrected chi connectivity index (χ4v) is 2.17. The number of phenolic OH excluding ortho intramolecular Hbond substituents is 1. The molecule has 0 aromatic heterocycles. The normalized spacial score (nSPS) is 11.2. The lowest BCUT2D eigenvalue weighted by Crippen LogP contribution is -2.25. The first-order chi connectivity index (χ1) is 11.9. The van der Waals surface area contributed by atoms with E-state index < -0.39 is 24.3 Å². The van der Waals surface area contributed by atoms with E-state index in [1.807, 2.05) is 0 Å². The van der Waals surface area contributed by atoms with Gasteiger partial charge in [-0.2, -0.15) is 5.26 Å². The van der Waals surface area contributed by atoms with Crippen LogP contribution in [0.4, 0.5) is 0 Å². The van der Waals surface area contributed by atoms with Gasteiger partial charge in [-0.3, -0.25) is 4.79 Å². The fraction of sp³-hybridized carbons (Fsp3) is 0.158. The van der Waals surface area contributed by atoms with Crippen LogP contribution in [-0.2, 0) is 9.53 Å². The molecular formula is C19H16N2O4. The third-order valence-corrected chi connectivity index (χ3v) is 3.55. The molecule has 1 unspecified atom stereocenters. The van der Waals surface area contributed by atoms with Gasteiger partial charge in [-0.05, 0) is 42.3 Å². The number of Topliss-reactive ketones (excluding diaryl/α,β-unsaturated/α-hetero) is 1. The van der Waals surface area contributed by atoms with E-state index >= 15 is 0 Å². The molecule has 0 amide bonds. The standard InChI is InChI=1S/C19H16N2O4/c1-12(21)17(10-20)18(23)11-25-19(24)15-4-2-13(3-5-15)14-6-8-16(22)9-7-14/h2-9,17,21-22H,11H2,1H3. The van der Waals surface area contributed by atoms with Gasteiger partial charge in [0.25, 0.3) is 0 Å². The Hall–Kier alpha value is -3.46. The SMILES string of the molecule is CC(=N)C(C#N)C(=O)COC(=O)c1ccc(-c2ccc(O)cc2)cc1. The van der Waals surface area contributed by atoms with Crippen molar-refractivity contribution in [3.63, 3.8) is 0 Å². The average molecular weight is 336 g/mol. The Morgan fingerprint density at radius 2 is 1.64 bits per heavy atom. The molecule has 0 spiro atoms. The summed E-state index contributed by atoms with van der Waals surface area (Å²) in [5, 5.41) is 25.5. The largest absolute Gasteiger partial charge is 0.508 e. The lowest BCUT2D eigenvalue weighted by molar-refractivity contribution is -0.122. The summed E-state index contributed by atoms with van der Waals surface area (Å²) >= 11 is 0. The molecule has 0 saturated heterocycles. The summed E-state index contributed by atoms with van der Waals surface area (Å²) in [6, 6.07) is 14.9. The number of ketones is 1. The maximum absolute atomic E-state index is 12.0. The van der Waals surface area contributed by atoms with Gasteiger partial charge in [0.05, 0.1) is 11.6 Å². The van der Waals surface area contributed by atoms with Crippen LogP contribution in [0.2, 0.25) is 0 Å². The van der Waals surface area contributed by atoms with Crippen molar-refractivity contribution in [2.45, 2.75) is 6.92 Å². The summed E-state index contributed by atoms with van der Waals surface area (Å²) in [4.78, 5) is 23.7. The molecule has 0 aliphatic rings. The number of rotatable bonds is 6. The molecule has 0 aliphatic heterocycles. The number of hydrogen-bond donors (Lipinski definition) is 2. The Bertz CT molecular complexity index is 833. The Morgan fingerprint density at radius 3 is 2.12 bits per heavy atom. The summed E-state index contributed by atoms with van der Waals surface area (Å²) in [5.41, 5.74) is 1.93. The summed E-state index contributed by atoms with van der Waals surface area (Å²) in [5.74, 6) is -2.32. The maximum atomic E-state index is 12.0. The Morgan fingerprint density at radius 1 is 1.12 bits per heavy atom. The molecule has 2 aromatic carbocycles. The zero-order valence-corrected chi connectivity index (χ0v) is 13.5. The zero-order valence-electron chi connectivity index (χ0n) is 13.5. The van der Waals surface area contributed by atoms with E-state index in [9.17, 15) is 14.7 Å². The molecule has 1 atom stereocenters. The minimum Gasteiger partial charge on any atom is -0.508 e. The first kappa shape index (κ1) is 17.9. The molecule has 126 valence electrons. The van der Waals surface area contributed by atoms with Crippen LogP contribution < -0.4 is 0 Å². The highest BCUT2D eigenvalue weighted by molar-refractivity contribution is 6.06. The molecule has 0 aliphatic carbocycles. The highest BCUT2D eigenvalue weighted by Gasteiger charge is 2.21. The zero-order chi connectivity index (χ0) is 18.4. The molecule has 2 rings (SSSR count). The van der Waals surface area contributed by atoms with Gasteiger partial charge in [-0.25, -0.2) is 4.79 Å². The third-order valence-electron chi connectivity index (χ3n) is 3.55. The summed E-state index contributed by atoms with van der Waals surface area (Å²) in [6.07, 6.45) is 0. The van der Waals surface area contributed by atoms with Crippen LogP contribution in [0.3, 0.4) is 0 Å². The lowest BCUT2D eigenvalue weighted by atomic mass is 10.0. The molecule has 0 saturated carbocycles. The van der Waals surface area contributed by atoms with Crippen LogP contribution in [0.15, 0.2) is 48.5 Å². The van der Waals surface area contributed by atoms with Crippen molar-refractivity contribution >= 4 is 17.5 Å². The predicted octanol–water partition coefficient (Wildman–Crippen LogP) is 2.96. The van der Waals surface area contributed by atoms with E-state index in [2.05, 4.69) is 0 Å². The lowest BCUT2D eigenvalue weighted by Gasteiger charge is -2.08. The maximum Gasteiger partial charge on any atom is 0.338 e. The van der Waals surface area contributed by atoms with Crippen LogP contribution in [0.1, 0.15) is 17.3 Å². The van der Waals surface area contributed by atoms with Gasteiger partial charge in [-0.15, -0.1) is 0 Å². The van der Waals surface area contributed by atoms with Crippen LogP contribution in [0.25, 0.3) is 11.1 Å². The number of carbonyl (C=O) groups excluding carboxylic acids is 2. The number of phenols is 1. The van der Waals surface area contributed by atoms with E-state index in [0.29, 0.717) is 0 Å². The number of hydrogen-bond acceptors (Lipinski definition) is 6. The third kappa shape index (κ3) is 4.52. The molecule has 0 bridgehead atoms. The van der Waals surface area contributed by atoms with Gasteiger partial charge in [0.2, 0.25) is 0 Å². The number of nitrogens with zero attached hydrogens (tertiary/aromatic N) is 1. The number of carbonyl (C=O) groups is 2. The van der Waals surface area contributed by atoms with Gasteiger partial charge in [0, 0.05) is 5.71 Å². The molecule has 6 nitrogen and oxygen atoms in total. The molecule has 6 heteroatoms. The first-order valence-electron chi connectivity index (χ1n) is 7.46. The number of aromatic hydroxyl groups is 1. The fourth-order valence-electron chi connectivity index (χ4n) is 2.17. The second-order valence-corrected chi connectivity index (χ2v) is 5.41. The van der Waals surface area contributed by atoms with Gasteiger partial charge in [0.15, 0.2) is 12.4 Å². The van der Waals surface area contributed by atoms with Crippen molar-refractivity contribution in [3.05, 3.63) is 54.1 Å². The second-order valence-electron chi connectivity index (χ2n) is 5.41. The first-order valence-corrected chi connectivity index (χ1v) is 7.46. The van der Waals surface area contributed by atoms with Gasteiger partial charge in [0.1, 0.15) is 11.7 Å². The molecule has 2 N–H and O–H groups in total. The van der Waals surface area contributed by atoms with Crippen molar-refractivity contribution in [1.29, 1.82) is 10.7 Å².